The first-order valence-corrected chi connectivity index (χ1v) is 5.75. The van der Waals surface area contributed by atoms with Gasteiger partial charge in [0.2, 0.25) is 0 Å². The van der Waals surface area contributed by atoms with Crippen LogP contribution < -0.4 is 10.6 Å². The molecule has 0 saturated heterocycles. The van der Waals surface area contributed by atoms with E-state index in [1.807, 2.05) is 31.6 Å². The van der Waals surface area contributed by atoms with Gasteiger partial charge in [0.25, 0.3) is 0 Å². The van der Waals surface area contributed by atoms with E-state index < -0.39 is 0 Å². The fourth-order valence-corrected chi connectivity index (χ4v) is 1.64. The molecule has 0 radical (unpaired) electrons. The minimum absolute atomic E-state index is 0.871. The van der Waals surface area contributed by atoms with Crippen molar-refractivity contribution in [2.75, 3.05) is 12.4 Å². The van der Waals surface area contributed by atoms with Crippen LogP contribution in [0, 0.1) is 0 Å². The summed E-state index contributed by atoms with van der Waals surface area (Å²) in [6.07, 6.45) is 3.64. The Bertz CT molecular complexity index is 437. The molecular weight excluding hydrogens is 210 g/mol. The number of hydrogen-bond acceptors (Lipinski definition) is 3. The number of rotatable bonds is 5. The highest BCUT2D eigenvalue weighted by Crippen LogP contribution is 2.08. The van der Waals surface area contributed by atoms with E-state index in [-0.39, 0.29) is 0 Å². The predicted molar refractivity (Wildman–Crippen MR) is 70.8 cm³/mol. The van der Waals surface area contributed by atoms with E-state index in [0.717, 1.165) is 18.8 Å². The third-order valence-corrected chi connectivity index (χ3v) is 2.65. The SMILES string of the molecule is CNc1ccc(CNCc2ccncc2)cc1. The maximum atomic E-state index is 4.00. The fourth-order valence-electron chi connectivity index (χ4n) is 1.64. The number of aromatic nitrogens is 1. The van der Waals surface area contributed by atoms with Gasteiger partial charge in [0.05, 0.1) is 0 Å². The first kappa shape index (κ1) is 11.6. The zero-order valence-electron chi connectivity index (χ0n) is 9.98. The normalized spacial score (nSPS) is 10.2. The first-order valence-electron chi connectivity index (χ1n) is 5.75. The number of hydrogen-bond donors (Lipinski definition) is 2. The van der Waals surface area contributed by atoms with Gasteiger partial charge in [-0.15, -0.1) is 0 Å². The lowest BCUT2D eigenvalue weighted by atomic mass is 10.2. The van der Waals surface area contributed by atoms with Crippen molar-refractivity contribution in [3.8, 4) is 0 Å². The molecule has 1 aromatic heterocycles. The number of nitrogens with zero attached hydrogens (tertiary/aromatic N) is 1. The molecule has 2 N–H and O–H groups in total. The van der Waals surface area contributed by atoms with Crippen LogP contribution in [0.2, 0.25) is 0 Å². The number of benzene rings is 1. The topological polar surface area (TPSA) is 37.0 Å². The summed E-state index contributed by atoms with van der Waals surface area (Å²) in [4.78, 5) is 4.00. The Hall–Kier alpha value is -1.87. The van der Waals surface area contributed by atoms with Gasteiger partial charge in [-0.2, -0.15) is 0 Å². The molecule has 0 spiro atoms. The second-order valence-electron chi connectivity index (χ2n) is 3.91. The molecule has 0 aliphatic heterocycles. The molecule has 0 aliphatic carbocycles. The van der Waals surface area contributed by atoms with Crippen LogP contribution in [-0.4, -0.2) is 12.0 Å². The van der Waals surface area contributed by atoms with Crippen molar-refractivity contribution in [3.05, 3.63) is 59.9 Å². The average molecular weight is 227 g/mol. The van der Waals surface area contributed by atoms with Crippen LogP contribution in [0.5, 0.6) is 0 Å². The molecule has 0 unspecified atom stereocenters. The van der Waals surface area contributed by atoms with E-state index in [9.17, 15) is 0 Å². The molecule has 0 amide bonds. The van der Waals surface area contributed by atoms with Crippen LogP contribution in [-0.2, 0) is 13.1 Å². The third kappa shape index (κ3) is 3.57. The van der Waals surface area contributed by atoms with Crippen LogP contribution in [0.1, 0.15) is 11.1 Å². The summed E-state index contributed by atoms with van der Waals surface area (Å²) in [6.45, 7) is 1.75. The van der Waals surface area contributed by atoms with Gasteiger partial charge in [0.15, 0.2) is 0 Å². The van der Waals surface area contributed by atoms with Crippen LogP contribution in [0.25, 0.3) is 0 Å². The maximum Gasteiger partial charge on any atom is 0.0337 e. The van der Waals surface area contributed by atoms with Crippen molar-refractivity contribution in [2.24, 2.45) is 0 Å². The van der Waals surface area contributed by atoms with E-state index in [2.05, 4.69) is 39.9 Å². The van der Waals surface area contributed by atoms with Gasteiger partial charge in [-0.05, 0) is 35.4 Å². The molecule has 1 aromatic carbocycles. The lowest BCUT2D eigenvalue weighted by molar-refractivity contribution is 0.693. The highest BCUT2D eigenvalue weighted by Gasteiger charge is 1.94. The van der Waals surface area contributed by atoms with Crippen molar-refractivity contribution < 1.29 is 0 Å². The molecule has 88 valence electrons. The predicted octanol–water partition coefficient (Wildman–Crippen LogP) is 2.41. The van der Waals surface area contributed by atoms with E-state index in [4.69, 9.17) is 0 Å². The van der Waals surface area contributed by atoms with Crippen molar-refractivity contribution in [3.63, 3.8) is 0 Å². The Morgan fingerprint density at radius 3 is 2.06 bits per heavy atom. The van der Waals surface area contributed by atoms with Gasteiger partial charge in [0, 0.05) is 38.2 Å². The second-order valence-corrected chi connectivity index (χ2v) is 3.91. The largest absolute Gasteiger partial charge is 0.388 e. The summed E-state index contributed by atoms with van der Waals surface area (Å²) in [5, 5.41) is 6.52. The minimum Gasteiger partial charge on any atom is -0.388 e. The van der Waals surface area contributed by atoms with Crippen LogP contribution in [0.4, 0.5) is 5.69 Å². The molecule has 0 aliphatic rings. The molecule has 1 heterocycles. The summed E-state index contributed by atoms with van der Waals surface area (Å²) in [7, 11) is 1.93. The highest BCUT2D eigenvalue weighted by atomic mass is 14.8. The summed E-state index contributed by atoms with van der Waals surface area (Å²) < 4.78 is 0. The Labute approximate surface area is 102 Å². The molecule has 3 heteroatoms. The summed E-state index contributed by atoms with van der Waals surface area (Å²) >= 11 is 0. The first-order chi connectivity index (χ1) is 8.38. The average Bonchev–Trinajstić information content (AvgIpc) is 2.41. The van der Waals surface area contributed by atoms with Crippen LogP contribution in [0.15, 0.2) is 48.8 Å². The van der Waals surface area contributed by atoms with Gasteiger partial charge in [-0.25, -0.2) is 0 Å². The Morgan fingerprint density at radius 1 is 0.882 bits per heavy atom. The molecule has 2 rings (SSSR count). The van der Waals surface area contributed by atoms with E-state index in [1.54, 1.807) is 0 Å². The van der Waals surface area contributed by atoms with Gasteiger partial charge in [-0.3, -0.25) is 4.98 Å². The molecule has 0 saturated carbocycles. The minimum atomic E-state index is 0.871. The van der Waals surface area contributed by atoms with Crippen LogP contribution in [0.3, 0.4) is 0 Å². The zero-order valence-corrected chi connectivity index (χ0v) is 9.98. The fraction of sp³-hybridized carbons (Fsp3) is 0.214. The van der Waals surface area contributed by atoms with E-state index in [1.165, 1.54) is 11.1 Å². The van der Waals surface area contributed by atoms with Gasteiger partial charge in [-0.1, -0.05) is 12.1 Å². The lowest BCUT2D eigenvalue weighted by Crippen LogP contribution is -2.12. The van der Waals surface area contributed by atoms with E-state index >= 15 is 0 Å². The van der Waals surface area contributed by atoms with Crippen molar-refractivity contribution in [1.82, 2.24) is 10.3 Å². The molecule has 0 bridgehead atoms. The van der Waals surface area contributed by atoms with E-state index in [0.29, 0.717) is 0 Å². The molecule has 0 fully saturated rings. The van der Waals surface area contributed by atoms with Crippen LogP contribution >= 0.6 is 0 Å². The molecule has 3 nitrogen and oxygen atoms in total. The quantitative estimate of drug-likeness (QED) is 0.823. The van der Waals surface area contributed by atoms with Crippen molar-refractivity contribution >= 4 is 5.69 Å². The Balaban J connectivity index is 1.82. The van der Waals surface area contributed by atoms with Crippen molar-refractivity contribution in [2.45, 2.75) is 13.1 Å². The lowest BCUT2D eigenvalue weighted by Gasteiger charge is -2.06. The Morgan fingerprint density at radius 2 is 1.47 bits per heavy atom. The van der Waals surface area contributed by atoms with Gasteiger partial charge < -0.3 is 10.6 Å². The maximum absolute atomic E-state index is 4.00. The molecule has 17 heavy (non-hydrogen) atoms. The monoisotopic (exact) mass is 227 g/mol. The Kier molecular flexibility index (Phi) is 4.11. The number of nitrogens with one attached hydrogen (secondary N) is 2. The van der Waals surface area contributed by atoms with Gasteiger partial charge >= 0.3 is 0 Å². The summed E-state index contributed by atoms with van der Waals surface area (Å²) in [5.41, 5.74) is 3.69. The highest BCUT2D eigenvalue weighted by molar-refractivity contribution is 5.43. The summed E-state index contributed by atoms with van der Waals surface area (Å²) in [6, 6.07) is 12.5. The second kappa shape index (κ2) is 6.01. The summed E-state index contributed by atoms with van der Waals surface area (Å²) in [5.74, 6) is 0. The van der Waals surface area contributed by atoms with Crippen molar-refractivity contribution in [1.29, 1.82) is 0 Å². The molecule has 0 atom stereocenters. The number of pyridine rings is 1. The smallest absolute Gasteiger partial charge is 0.0337 e. The van der Waals surface area contributed by atoms with Gasteiger partial charge in [0.1, 0.15) is 0 Å². The number of anilines is 1. The third-order valence-electron chi connectivity index (χ3n) is 2.65. The zero-order chi connectivity index (χ0) is 11.9. The molecule has 2 aromatic rings. The molecular formula is C14H17N3. The standard InChI is InChI=1S/C14H17N3/c1-15-14-4-2-12(3-5-14)10-17-11-13-6-8-16-9-7-13/h2-9,15,17H,10-11H2,1H3.